The Kier molecular flexibility index (Phi) is 5.63. The summed E-state index contributed by atoms with van der Waals surface area (Å²) in [6, 6.07) is 4.49. The summed E-state index contributed by atoms with van der Waals surface area (Å²) in [7, 11) is 0. The van der Waals surface area contributed by atoms with Gasteiger partial charge >= 0.3 is 0 Å². The summed E-state index contributed by atoms with van der Waals surface area (Å²) in [6.45, 7) is 1.58. The minimum absolute atomic E-state index is 0.0498. The zero-order valence-corrected chi connectivity index (χ0v) is 12.8. The number of amides is 1. The number of carbonyl (C=O) groups excluding carboxylic acids is 1. The first-order valence-corrected chi connectivity index (χ1v) is 7.69. The molecular formula is C16H21N3O3. The Hall–Kier alpha value is -2.24. The number of nitro groups is 1. The number of carbonyl (C=O) groups is 1. The van der Waals surface area contributed by atoms with Crippen LogP contribution in [0.1, 0.15) is 60.9 Å². The number of hydrazone groups is 1. The van der Waals surface area contributed by atoms with Crippen LogP contribution in [0.15, 0.2) is 23.3 Å². The van der Waals surface area contributed by atoms with Crippen LogP contribution >= 0.6 is 0 Å². The van der Waals surface area contributed by atoms with Crippen LogP contribution in [0.2, 0.25) is 0 Å². The standard InChI is InChI=1S/C16H21N3O3/c1-12-14(10-7-11-15(12)19(21)22)16(20)18-17-13-8-5-3-2-4-6-9-13/h7,10-11H,2-6,8-9H2,1H3,(H,18,20). The van der Waals surface area contributed by atoms with Crippen molar-refractivity contribution < 1.29 is 9.72 Å². The summed E-state index contributed by atoms with van der Waals surface area (Å²) < 4.78 is 0. The molecule has 0 radical (unpaired) electrons. The molecule has 0 atom stereocenters. The zero-order chi connectivity index (χ0) is 15.9. The molecule has 2 rings (SSSR count). The minimum atomic E-state index is -0.479. The van der Waals surface area contributed by atoms with Crippen LogP contribution in [-0.2, 0) is 0 Å². The molecule has 1 aromatic rings. The number of hydrogen-bond donors (Lipinski definition) is 1. The second-order valence-electron chi connectivity index (χ2n) is 5.59. The van der Waals surface area contributed by atoms with E-state index in [0.29, 0.717) is 11.1 Å². The Morgan fingerprint density at radius 3 is 2.45 bits per heavy atom. The molecule has 1 N–H and O–H groups in total. The molecule has 6 heteroatoms. The Labute approximate surface area is 129 Å². The van der Waals surface area contributed by atoms with Crippen LogP contribution in [0.4, 0.5) is 5.69 Å². The summed E-state index contributed by atoms with van der Waals surface area (Å²) in [6.07, 6.45) is 7.71. The van der Waals surface area contributed by atoms with Gasteiger partial charge < -0.3 is 0 Å². The van der Waals surface area contributed by atoms with Crippen molar-refractivity contribution in [1.29, 1.82) is 0 Å². The van der Waals surface area contributed by atoms with Crippen LogP contribution in [0.5, 0.6) is 0 Å². The lowest BCUT2D eigenvalue weighted by Gasteiger charge is -2.11. The third kappa shape index (κ3) is 4.13. The van der Waals surface area contributed by atoms with Gasteiger partial charge in [-0.05, 0) is 38.7 Å². The molecule has 0 heterocycles. The maximum absolute atomic E-state index is 12.2. The average Bonchev–Trinajstić information content (AvgIpc) is 2.45. The second kappa shape index (κ2) is 7.68. The van der Waals surface area contributed by atoms with Crippen LogP contribution in [0, 0.1) is 17.0 Å². The van der Waals surface area contributed by atoms with Crippen molar-refractivity contribution in [3.63, 3.8) is 0 Å². The molecule has 0 bridgehead atoms. The number of nitrogens with zero attached hydrogens (tertiary/aromatic N) is 2. The minimum Gasteiger partial charge on any atom is -0.267 e. The van der Waals surface area contributed by atoms with E-state index in [2.05, 4.69) is 10.5 Å². The van der Waals surface area contributed by atoms with Crippen molar-refractivity contribution in [3.8, 4) is 0 Å². The first-order chi connectivity index (χ1) is 10.6. The molecule has 1 fully saturated rings. The average molecular weight is 303 g/mol. The van der Waals surface area contributed by atoms with Crippen LogP contribution < -0.4 is 5.43 Å². The van der Waals surface area contributed by atoms with Gasteiger partial charge in [0, 0.05) is 17.3 Å². The SMILES string of the molecule is Cc1c(C(=O)NN=C2CCCCCCC2)cccc1[N+](=O)[O-]. The number of hydrogen-bond acceptors (Lipinski definition) is 4. The third-order valence-electron chi connectivity index (χ3n) is 3.99. The molecule has 0 saturated heterocycles. The number of nitro benzene ring substituents is 1. The van der Waals surface area contributed by atoms with Gasteiger partial charge in [0.2, 0.25) is 0 Å². The molecule has 1 aromatic carbocycles. The van der Waals surface area contributed by atoms with Crippen molar-refractivity contribution in [2.75, 3.05) is 0 Å². The summed E-state index contributed by atoms with van der Waals surface area (Å²) in [5.41, 5.74) is 4.17. The molecule has 0 aliphatic heterocycles. The van der Waals surface area contributed by atoms with E-state index in [0.717, 1.165) is 31.4 Å². The van der Waals surface area contributed by atoms with Gasteiger partial charge in [0.1, 0.15) is 0 Å². The van der Waals surface area contributed by atoms with Gasteiger partial charge in [-0.25, -0.2) is 5.43 Å². The second-order valence-corrected chi connectivity index (χ2v) is 5.59. The van der Waals surface area contributed by atoms with Crippen molar-refractivity contribution in [1.82, 2.24) is 5.43 Å². The highest BCUT2D eigenvalue weighted by molar-refractivity contribution is 5.97. The number of nitrogens with one attached hydrogen (secondary N) is 1. The fourth-order valence-electron chi connectivity index (χ4n) is 2.68. The number of benzene rings is 1. The van der Waals surface area contributed by atoms with E-state index in [9.17, 15) is 14.9 Å². The lowest BCUT2D eigenvalue weighted by molar-refractivity contribution is -0.385. The molecule has 118 valence electrons. The van der Waals surface area contributed by atoms with Gasteiger partial charge in [-0.15, -0.1) is 0 Å². The van der Waals surface area contributed by atoms with E-state index < -0.39 is 10.8 Å². The van der Waals surface area contributed by atoms with Crippen LogP contribution in [-0.4, -0.2) is 16.5 Å². The highest BCUT2D eigenvalue weighted by Crippen LogP contribution is 2.21. The number of rotatable bonds is 3. The molecule has 1 aliphatic rings. The fourth-order valence-corrected chi connectivity index (χ4v) is 2.68. The Bertz CT molecular complexity index is 586. The van der Waals surface area contributed by atoms with E-state index in [1.54, 1.807) is 13.0 Å². The predicted molar refractivity (Wildman–Crippen MR) is 85.1 cm³/mol. The Morgan fingerprint density at radius 2 is 1.82 bits per heavy atom. The highest BCUT2D eigenvalue weighted by atomic mass is 16.6. The molecule has 0 aromatic heterocycles. The molecule has 0 spiro atoms. The Morgan fingerprint density at radius 1 is 1.18 bits per heavy atom. The van der Waals surface area contributed by atoms with E-state index in [1.165, 1.54) is 31.4 Å². The highest BCUT2D eigenvalue weighted by Gasteiger charge is 2.17. The van der Waals surface area contributed by atoms with Gasteiger partial charge in [0.05, 0.1) is 10.5 Å². The van der Waals surface area contributed by atoms with E-state index >= 15 is 0 Å². The van der Waals surface area contributed by atoms with Crippen molar-refractivity contribution in [2.45, 2.75) is 51.9 Å². The van der Waals surface area contributed by atoms with Crippen LogP contribution in [0.25, 0.3) is 0 Å². The summed E-state index contributed by atoms with van der Waals surface area (Å²) in [5, 5.41) is 15.1. The molecule has 1 aliphatic carbocycles. The Balaban J connectivity index is 2.08. The topological polar surface area (TPSA) is 84.6 Å². The molecule has 22 heavy (non-hydrogen) atoms. The van der Waals surface area contributed by atoms with Crippen molar-refractivity contribution >= 4 is 17.3 Å². The van der Waals surface area contributed by atoms with Crippen molar-refractivity contribution in [3.05, 3.63) is 39.4 Å². The lowest BCUT2D eigenvalue weighted by Crippen LogP contribution is -2.21. The maximum atomic E-state index is 12.2. The largest absolute Gasteiger partial charge is 0.273 e. The van der Waals surface area contributed by atoms with E-state index in [1.807, 2.05) is 0 Å². The molecular weight excluding hydrogens is 282 g/mol. The molecule has 6 nitrogen and oxygen atoms in total. The molecule has 1 amide bonds. The summed E-state index contributed by atoms with van der Waals surface area (Å²) in [4.78, 5) is 22.6. The van der Waals surface area contributed by atoms with Crippen LogP contribution in [0.3, 0.4) is 0 Å². The van der Waals surface area contributed by atoms with Crippen molar-refractivity contribution in [2.24, 2.45) is 5.10 Å². The predicted octanol–water partition coefficient (Wildman–Crippen LogP) is 3.73. The molecule has 1 saturated carbocycles. The lowest BCUT2D eigenvalue weighted by atomic mass is 9.99. The normalized spacial score (nSPS) is 15.6. The first-order valence-electron chi connectivity index (χ1n) is 7.69. The van der Waals surface area contributed by atoms with E-state index in [4.69, 9.17) is 0 Å². The maximum Gasteiger partial charge on any atom is 0.273 e. The monoisotopic (exact) mass is 303 g/mol. The summed E-state index contributed by atoms with van der Waals surface area (Å²) in [5.74, 6) is -0.393. The van der Waals surface area contributed by atoms with E-state index in [-0.39, 0.29) is 5.69 Å². The quantitative estimate of drug-likeness (QED) is 0.682. The van der Waals surface area contributed by atoms with Gasteiger partial charge in [-0.2, -0.15) is 5.10 Å². The molecule has 0 unspecified atom stereocenters. The van der Waals surface area contributed by atoms with Gasteiger partial charge in [-0.3, -0.25) is 14.9 Å². The fraction of sp³-hybridized carbons (Fsp3) is 0.500. The zero-order valence-electron chi connectivity index (χ0n) is 12.8. The smallest absolute Gasteiger partial charge is 0.267 e. The van der Waals surface area contributed by atoms with Gasteiger partial charge in [0.15, 0.2) is 0 Å². The third-order valence-corrected chi connectivity index (χ3v) is 3.99. The first kappa shape index (κ1) is 16.1. The summed E-state index contributed by atoms with van der Waals surface area (Å²) >= 11 is 0. The van der Waals surface area contributed by atoms with Gasteiger partial charge in [-0.1, -0.05) is 25.3 Å². The van der Waals surface area contributed by atoms with Gasteiger partial charge in [0.25, 0.3) is 11.6 Å².